The van der Waals surface area contributed by atoms with Crippen LogP contribution >= 0.6 is 0 Å². The lowest BCUT2D eigenvalue weighted by Gasteiger charge is -2.20. The molecule has 10 aromatic carbocycles. The molecule has 0 saturated carbocycles. The molecule has 3 aromatic heterocycles. The van der Waals surface area contributed by atoms with Crippen molar-refractivity contribution in [3.8, 4) is 78.9 Å². The number of nitrogens with zero attached hydrogens (tertiary/aromatic N) is 5. The van der Waals surface area contributed by atoms with Crippen LogP contribution in [0.5, 0.6) is 0 Å². The molecule has 5 nitrogen and oxygen atoms in total. The summed E-state index contributed by atoms with van der Waals surface area (Å²) in [7, 11) is 0. The fourth-order valence-corrected chi connectivity index (χ4v) is 11.8. The van der Waals surface area contributed by atoms with Gasteiger partial charge in [0.2, 0.25) is 0 Å². The number of benzene rings is 10. The van der Waals surface area contributed by atoms with Crippen LogP contribution in [-0.4, -0.2) is 24.1 Å². The van der Waals surface area contributed by atoms with E-state index in [4.69, 9.17) is 15.0 Å². The third-order valence-electron chi connectivity index (χ3n) is 15.1. The Hall–Kier alpha value is -9.45. The zero-order valence-corrected chi connectivity index (χ0v) is 39.1. The van der Waals surface area contributed by atoms with Gasteiger partial charge >= 0.3 is 0 Å². The number of para-hydroxylation sites is 2. The van der Waals surface area contributed by atoms with Gasteiger partial charge in [-0.2, -0.15) is 0 Å². The number of allylic oxidation sites excluding steroid dienone is 1. The molecule has 72 heavy (non-hydrogen) atoms. The van der Waals surface area contributed by atoms with Crippen LogP contribution in [0.25, 0.3) is 128 Å². The molecule has 0 amide bonds. The molecule has 1 unspecified atom stereocenters. The van der Waals surface area contributed by atoms with E-state index in [9.17, 15) is 0 Å². The first-order valence-electron chi connectivity index (χ1n) is 24.8. The molecule has 1 atom stereocenters. The predicted octanol–water partition coefficient (Wildman–Crippen LogP) is 16.7. The predicted molar refractivity (Wildman–Crippen MR) is 297 cm³/mol. The second-order valence-corrected chi connectivity index (χ2v) is 19.1. The Bertz CT molecular complexity index is 4340. The van der Waals surface area contributed by atoms with Gasteiger partial charge in [0.25, 0.3) is 0 Å². The Labute approximate surface area is 416 Å². The van der Waals surface area contributed by atoms with Crippen molar-refractivity contribution in [3.05, 3.63) is 253 Å². The number of aromatic nitrogens is 5. The zero-order chi connectivity index (χ0) is 47.3. The van der Waals surface area contributed by atoms with Gasteiger partial charge in [-0.3, -0.25) is 0 Å². The van der Waals surface area contributed by atoms with Crippen molar-refractivity contribution in [3.63, 3.8) is 0 Å². The smallest absolute Gasteiger partial charge is 0.164 e. The zero-order valence-electron chi connectivity index (χ0n) is 39.1. The lowest BCUT2D eigenvalue weighted by molar-refractivity contribution is 0.827. The van der Waals surface area contributed by atoms with E-state index in [1.807, 2.05) is 24.3 Å². The normalized spacial score (nSPS) is 13.6. The Morgan fingerprint density at radius 1 is 0.347 bits per heavy atom. The molecule has 15 rings (SSSR count). The van der Waals surface area contributed by atoms with Gasteiger partial charge in [0.1, 0.15) is 0 Å². The average Bonchev–Trinajstić information content (AvgIpc) is 4.09. The van der Waals surface area contributed by atoms with Crippen molar-refractivity contribution in [2.45, 2.75) is 12.3 Å². The first kappa shape index (κ1) is 40.4. The monoisotopic (exact) mass is 917 g/mol. The summed E-state index contributed by atoms with van der Waals surface area (Å²) in [6.07, 6.45) is 5.68. The molecule has 0 saturated heterocycles. The highest BCUT2D eigenvalue weighted by atomic mass is 15.0. The summed E-state index contributed by atoms with van der Waals surface area (Å²) in [5.74, 6) is 2.07. The summed E-state index contributed by atoms with van der Waals surface area (Å²) in [4.78, 5) is 15.5. The average molecular weight is 918 g/mol. The summed E-state index contributed by atoms with van der Waals surface area (Å²) >= 11 is 0. The molecule has 0 aliphatic heterocycles. The maximum atomic E-state index is 5.23. The minimum Gasteiger partial charge on any atom is -0.310 e. The molecule has 5 heteroatoms. The van der Waals surface area contributed by atoms with E-state index in [0.717, 1.165) is 34.4 Å². The van der Waals surface area contributed by atoms with Crippen LogP contribution in [0.2, 0.25) is 0 Å². The SMILES string of the molecule is C1=CC(c2ccc3c(c2)c2ccccc2n3-c2ccccc2)Cc2c1n(-c1cccc(-c3nc(-c4ccccc4)nc(-c4ccc(-c5ccccc5)cc4)n3)c1)c1cc3c4c(cccc4c21)-c1ccccc1-3. The summed E-state index contributed by atoms with van der Waals surface area (Å²) in [5.41, 5.74) is 20.0. The van der Waals surface area contributed by atoms with Gasteiger partial charge in [-0.05, 0) is 116 Å². The lowest BCUT2D eigenvalue weighted by atomic mass is 9.85. The van der Waals surface area contributed by atoms with E-state index in [-0.39, 0.29) is 5.92 Å². The molecule has 2 aliphatic rings. The highest BCUT2D eigenvalue weighted by Gasteiger charge is 2.30. The van der Waals surface area contributed by atoms with Crippen molar-refractivity contribution in [2.24, 2.45) is 0 Å². The van der Waals surface area contributed by atoms with Crippen LogP contribution in [0.1, 0.15) is 22.7 Å². The molecule has 0 radical (unpaired) electrons. The standard InChI is InChI=1S/C67H43N5/c1-4-16-42(17-5-1)43-30-32-45(33-31-43)66-68-65(44-18-6-2-7-19-44)69-67(70-66)48-20-14-23-50(38-48)72-61-37-35-47(46-34-36-60-56(39-46)53-26-12-13-29-59(53)71(60)49-21-8-3-9-22-49)40-58(61)64-55-28-15-27-54-51-24-10-11-25-52(51)57(63(54)55)41-62(64)72/h1-39,41,47H,40H2. The second-order valence-electron chi connectivity index (χ2n) is 19.1. The number of fused-ring (bicyclic) bond motifs is 10. The van der Waals surface area contributed by atoms with Crippen molar-refractivity contribution < 1.29 is 0 Å². The van der Waals surface area contributed by atoms with Crippen LogP contribution in [0, 0.1) is 0 Å². The van der Waals surface area contributed by atoms with E-state index in [1.54, 1.807) is 0 Å². The summed E-state index contributed by atoms with van der Waals surface area (Å²) in [6.45, 7) is 0. The van der Waals surface area contributed by atoms with Gasteiger partial charge < -0.3 is 9.13 Å². The first-order chi connectivity index (χ1) is 35.7. The number of hydrogen-bond donors (Lipinski definition) is 0. The second kappa shape index (κ2) is 16.1. The third kappa shape index (κ3) is 6.30. The summed E-state index contributed by atoms with van der Waals surface area (Å²) < 4.78 is 4.89. The highest BCUT2D eigenvalue weighted by molar-refractivity contribution is 6.24. The minimum absolute atomic E-state index is 0.174. The molecule has 3 heterocycles. The maximum absolute atomic E-state index is 5.23. The van der Waals surface area contributed by atoms with Crippen LogP contribution < -0.4 is 0 Å². The maximum Gasteiger partial charge on any atom is 0.164 e. The van der Waals surface area contributed by atoms with Gasteiger partial charge in [0.05, 0.1) is 16.6 Å². The highest BCUT2D eigenvalue weighted by Crippen LogP contribution is 2.52. The fourth-order valence-electron chi connectivity index (χ4n) is 11.8. The van der Waals surface area contributed by atoms with E-state index >= 15 is 0 Å². The van der Waals surface area contributed by atoms with Crippen molar-refractivity contribution >= 4 is 49.6 Å². The molecular weight excluding hydrogens is 875 g/mol. The Kier molecular flexibility index (Phi) is 9.02. The van der Waals surface area contributed by atoms with E-state index in [0.29, 0.717) is 17.5 Å². The topological polar surface area (TPSA) is 48.5 Å². The van der Waals surface area contributed by atoms with Crippen LogP contribution in [-0.2, 0) is 6.42 Å². The number of hydrogen-bond acceptors (Lipinski definition) is 3. The minimum atomic E-state index is 0.174. The van der Waals surface area contributed by atoms with Crippen LogP contribution in [0.3, 0.4) is 0 Å². The number of rotatable bonds is 7. The molecular formula is C67H43N5. The van der Waals surface area contributed by atoms with Crippen molar-refractivity contribution in [2.75, 3.05) is 0 Å². The lowest BCUT2D eigenvalue weighted by Crippen LogP contribution is -2.07. The Morgan fingerprint density at radius 3 is 1.68 bits per heavy atom. The molecule has 0 N–H and O–H groups in total. The Morgan fingerprint density at radius 2 is 0.903 bits per heavy atom. The molecule has 0 bridgehead atoms. The summed E-state index contributed by atoms with van der Waals surface area (Å²) in [5, 5.41) is 6.48. The van der Waals surface area contributed by atoms with Gasteiger partial charge in [-0.15, -0.1) is 0 Å². The largest absolute Gasteiger partial charge is 0.310 e. The van der Waals surface area contributed by atoms with Gasteiger partial charge in [-0.1, -0.05) is 188 Å². The van der Waals surface area contributed by atoms with E-state index < -0.39 is 0 Å². The van der Waals surface area contributed by atoms with E-state index in [2.05, 4.69) is 228 Å². The molecule has 0 fully saturated rings. The molecule has 336 valence electrons. The third-order valence-corrected chi connectivity index (χ3v) is 15.1. The molecule has 2 aliphatic carbocycles. The molecule has 0 spiro atoms. The first-order valence-corrected chi connectivity index (χ1v) is 24.8. The van der Waals surface area contributed by atoms with Crippen molar-refractivity contribution in [1.82, 2.24) is 24.1 Å². The van der Waals surface area contributed by atoms with E-state index in [1.165, 1.54) is 93.8 Å². The van der Waals surface area contributed by atoms with Crippen molar-refractivity contribution in [1.29, 1.82) is 0 Å². The van der Waals surface area contributed by atoms with Gasteiger partial charge in [0.15, 0.2) is 17.5 Å². The van der Waals surface area contributed by atoms with Crippen LogP contribution in [0.15, 0.2) is 237 Å². The van der Waals surface area contributed by atoms with Gasteiger partial charge in [-0.25, -0.2) is 15.0 Å². The van der Waals surface area contributed by atoms with Gasteiger partial charge in [0, 0.05) is 55.8 Å². The van der Waals surface area contributed by atoms with Crippen LogP contribution in [0.4, 0.5) is 0 Å². The quantitative estimate of drug-likeness (QED) is 0.160. The molecule has 13 aromatic rings. The fraction of sp³-hybridized carbons (Fsp3) is 0.0299. The Balaban J connectivity index is 0.900. The summed E-state index contributed by atoms with van der Waals surface area (Å²) in [6, 6.07) is 82.9.